The molecule has 2 aromatic rings. The molecule has 0 bridgehead atoms. The van der Waals surface area contributed by atoms with Crippen molar-refractivity contribution in [3.05, 3.63) is 36.0 Å². The highest BCUT2D eigenvalue weighted by Crippen LogP contribution is 2.31. The molecule has 0 atom stereocenters. The first-order valence-corrected chi connectivity index (χ1v) is 7.22. The Morgan fingerprint density at radius 3 is 2.90 bits per heavy atom. The number of halogens is 1. The molecule has 0 spiro atoms. The number of rotatable bonds is 7. The Morgan fingerprint density at radius 2 is 2.19 bits per heavy atom. The molecule has 0 fully saturated rings. The van der Waals surface area contributed by atoms with Gasteiger partial charge in [0.15, 0.2) is 0 Å². The summed E-state index contributed by atoms with van der Waals surface area (Å²) in [5, 5.41) is 3.36. The smallest absolute Gasteiger partial charge is 0.136 e. The van der Waals surface area contributed by atoms with Gasteiger partial charge in [0.1, 0.15) is 17.4 Å². The van der Waals surface area contributed by atoms with E-state index >= 15 is 0 Å². The predicted molar refractivity (Wildman–Crippen MR) is 82.0 cm³/mol. The number of hydrogen-bond donors (Lipinski definition) is 2. The summed E-state index contributed by atoms with van der Waals surface area (Å²) in [5.41, 5.74) is 1.08. The van der Waals surface area contributed by atoms with Crippen molar-refractivity contribution in [3.8, 4) is 17.0 Å². The second-order valence-corrected chi connectivity index (χ2v) is 5.27. The van der Waals surface area contributed by atoms with Gasteiger partial charge in [-0.1, -0.05) is 19.9 Å². The van der Waals surface area contributed by atoms with E-state index in [9.17, 15) is 4.39 Å². The van der Waals surface area contributed by atoms with Gasteiger partial charge >= 0.3 is 0 Å². The van der Waals surface area contributed by atoms with E-state index in [4.69, 9.17) is 4.74 Å². The van der Waals surface area contributed by atoms with Crippen LogP contribution in [0, 0.1) is 5.82 Å². The zero-order valence-corrected chi connectivity index (χ0v) is 12.7. The van der Waals surface area contributed by atoms with Crippen LogP contribution in [-0.2, 0) is 6.42 Å². The Hall–Kier alpha value is -1.88. The van der Waals surface area contributed by atoms with Crippen LogP contribution in [-0.4, -0.2) is 29.7 Å². The van der Waals surface area contributed by atoms with Gasteiger partial charge in [-0.3, -0.25) is 0 Å². The fraction of sp³-hybridized carbons (Fsp3) is 0.438. The molecule has 0 amide bonds. The van der Waals surface area contributed by atoms with Crippen LogP contribution in [0.25, 0.3) is 11.3 Å². The van der Waals surface area contributed by atoms with Gasteiger partial charge < -0.3 is 15.0 Å². The lowest BCUT2D eigenvalue weighted by molar-refractivity contribution is 0.413. The van der Waals surface area contributed by atoms with Gasteiger partial charge in [0.05, 0.1) is 24.6 Å². The van der Waals surface area contributed by atoms with Crippen molar-refractivity contribution >= 4 is 0 Å². The first-order chi connectivity index (χ1) is 10.1. The lowest BCUT2D eigenvalue weighted by Gasteiger charge is -2.07. The molecule has 2 rings (SSSR count). The van der Waals surface area contributed by atoms with E-state index in [1.165, 1.54) is 13.2 Å². The number of hydrogen-bond acceptors (Lipinski definition) is 3. The minimum absolute atomic E-state index is 0.314. The van der Waals surface area contributed by atoms with Gasteiger partial charge in [-0.05, 0) is 25.1 Å². The van der Waals surface area contributed by atoms with Crippen molar-refractivity contribution in [1.29, 1.82) is 0 Å². The van der Waals surface area contributed by atoms with Gasteiger partial charge in [0.25, 0.3) is 0 Å². The zero-order chi connectivity index (χ0) is 15.2. The summed E-state index contributed by atoms with van der Waals surface area (Å²) in [6.07, 6.45) is 3.47. The average molecular weight is 291 g/mol. The quantitative estimate of drug-likeness (QED) is 0.770. The molecular weight excluding hydrogens is 269 g/mol. The van der Waals surface area contributed by atoms with Gasteiger partial charge in [-0.15, -0.1) is 0 Å². The predicted octanol–water partition coefficient (Wildman–Crippen LogP) is 3.16. The SMILES string of the molecule is COc1cccc(F)c1-c1cnc(CCCNC(C)C)[nH]1. The maximum absolute atomic E-state index is 14.0. The fourth-order valence-electron chi connectivity index (χ4n) is 2.20. The van der Waals surface area contributed by atoms with Gasteiger partial charge in [0.2, 0.25) is 0 Å². The summed E-state index contributed by atoms with van der Waals surface area (Å²) in [4.78, 5) is 7.49. The van der Waals surface area contributed by atoms with E-state index in [1.807, 2.05) is 0 Å². The molecule has 0 aliphatic rings. The van der Waals surface area contributed by atoms with Crippen LogP contribution in [0.1, 0.15) is 26.1 Å². The largest absolute Gasteiger partial charge is 0.496 e. The fourth-order valence-corrected chi connectivity index (χ4v) is 2.20. The number of benzene rings is 1. The highest BCUT2D eigenvalue weighted by Gasteiger charge is 2.13. The number of aromatic amines is 1. The Bertz CT molecular complexity index is 581. The third-order valence-corrected chi connectivity index (χ3v) is 3.24. The molecule has 0 saturated heterocycles. The molecule has 1 aromatic heterocycles. The summed E-state index contributed by atoms with van der Waals surface area (Å²) in [5.74, 6) is 1.05. The molecule has 0 aliphatic heterocycles. The number of nitrogens with one attached hydrogen (secondary N) is 2. The lowest BCUT2D eigenvalue weighted by atomic mass is 10.1. The third kappa shape index (κ3) is 4.04. The highest BCUT2D eigenvalue weighted by molar-refractivity contribution is 5.67. The average Bonchev–Trinajstić information content (AvgIpc) is 2.91. The molecule has 5 heteroatoms. The van der Waals surface area contributed by atoms with E-state index in [0.29, 0.717) is 23.0 Å². The molecule has 0 radical (unpaired) electrons. The van der Waals surface area contributed by atoms with E-state index in [-0.39, 0.29) is 5.82 Å². The maximum atomic E-state index is 14.0. The number of nitrogens with zero attached hydrogens (tertiary/aromatic N) is 1. The number of methoxy groups -OCH3 is 1. The van der Waals surface area contributed by atoms with Gasteiger partial charge in [-0.25, -0.2) is 9.37 Å². The van der Waals surface area contributed by atoms with Crippen LogP contribution in [0.15, 0.2) is 24.4 Å². The Labute approximate surface area is 124 Å². The lowest BCUT2D eigenvalue weighted by Crippen LogP contribution is -2.24. The molecule has 21 heavy (non-hydrogen) atoms. The number of aromatic nitrogens is 2. The standard InChI is InChI=1S/C16H22FN3O/c1-11(2)18-9-5-8-15-19-10-13(20-15)16-12(17)6-4-7-14(16)21-3/h4,6-7,10-11,18H,5,8-9H2,1-3H3,(H,19,20). The van der Waals surface area contributed by atoms with Crippen molar-refractivity contribution in [2.75, 3.05) is 13.7 Å². The monoisotopic (exact) mass is 291 g/mol. The summed E-state index contributed by atoms with van der Waals surface area (Å²) >= 11 is 0. The van der Waals surface area contributed by atoms with Crippen LogP contribution >= 0.6 is 0 Å². The molecule has 1 heterocycles. The third-order valence-electron chi connectivity index (χ3n) is 3.24. The van der Waals surface area contributed by atoms with Crippen LogP contribution in [0.3, 0.4) is 0 Å². The molecule has 1 aromatic carbocycles. The van der Waals surface area contributed by atoms with Crippen molar-refractivity contribution in [3.63, 3.8) is 0 Å². The second-order valence-electron chi connectivity index (χ2n) is 5.27. The van der Waals surface area contributed by atoms with Crippen molar-refractivity contribution in [2.24, 2.45) is 0 Å². The Kier molecular flexibility index (Phi) is 5.33. The molecule has 114 valence electrons. The molecule has 2 N–H and O–H groups in total. The number of aryl methyl sites for hydroxylation is 1. The summed E-state index contributed by atoms with van der Waals surface area (Å²) in [6.45, 7) is 5.18. The topological polar surface area (TPSA) is 49.9 Å². The van der Waals surface area contributed by atoms with E-state index < -0.39 is 0 Å². The zero-order valence-electron chi connectivity index (χ0n) is 12.7. The van der Waals surface area contributed by atoms with E-state index in [0.717, 1.165) is 25.2 Å². The minimum atomic E-state index is -0.314. The van der Waals surface area contributed by atoms with Crippen LogP contribution < -0.4 is 10.1 Å². The number of ether oxygens (including phenoxy) is 1. The summed E-state index contributed by atoms with van der Waals surface area (Å²) in [6, 6.07) is 5.28. The van der Waals surface area contributed by atoms with Gasteiger partial charge in [-0.2, -0.15) is 0 Å². The minimum Gasteiger partial charge on any atom is -0.496 e. The van der Waals surface area contributed by atoms with Crippen LogP contribution in [0.4, 0.5) is 4.39 Å². The normalized spacial score (nSPS) is 11.1. The summed E-state index contributed by atoms with van der Waals surface area (Å²) in [7, 11) is 1.53. The number of H-pyrrole nitrogens is 1. The van der Waals surface area contributed by atoms with Crippen molar-refractivity contribution in [2.45, 2.75) is 32.7 Å². The Balaban J connectivity index is 2.06. The van der Waals surface area contributed by atoms with Gasteiger partial charge in [0, 0.05) is 12.5 Å². The molecule has 0 unspecified atom stereocenters. The van der Waals surface area contributed by atoms with E-state index in [2.05, 4.69) is 29.1 Å². The van der Waals surface area contributed by atoms with Crippen molar-refractivity contribution < 1.29 is 9.13 Å². The number of imidazole rings is 1. The van der Waals surface area contributed by atoms with Crippen molar-refractivity contribution in [1.82, 2.24) is 15.3 Å². The van der Waals surface area contributed by atoms with Crippen LogP contribution in [0.5, 0.6) is 5.75 Å². The molecular formula is C16H22FN3O. The van der Waals surface area contributed by atoms with E-state index in [1.54, 1.807) is 18.3 Å². The maximum Gasteiger partial charge on any atom is 0.136 e. The molecule has 4 nitrogen and oxygen atoms in total. The highest BCUT2D eigenvalue weighted by atomic mass is 19.1. The van der Waals surface area contributed by atoms with Crippen LogP contribution in [0.2, 0.25) is 0 Å². The second kappa shape index (κ2) is 7.22. The Morgan fingerprint density at radius 1 is 1.38 bits per heavy atom. The molecule has 0 aliphatic carbocycles. The summed E-state index contributed by atoms with van der Waals surface area (Å²) < 4.78 is 19.2. The first kappa shape index (κ1) is 15.5. The first-order valence-electron chi connectivity index (χ1n) is 7.22. The molecule has 0 saturated carbocycles.